The minimum Gasteiger partial charge on any atom is -0.484 e. The standard InChI is InChI=1S/C25H31BrN2O3/c1-17-8-13-23(14-18(17)2)31-16-24(29)28(15-20-9-11-21(26)12-10-20)19(3)25(30)27-22-6-4-5-7-22/h8-14,19,22H,4-7,15-16H2,1-3H3,(H,27,30)/t19-/m0/s1. The van der Waals surface area contributed by atoms with Crippen LogP contribution in [0.15, 0.2) is 46.9 Å². The molecule has 0 aromatic heterocycles. The second-order valence-electron chi connectivity index (χ2n) is 8.35. The van der Waals surface area contributed by atoms with Gasteiger partial charge in [0, 0.05) is 17.1 Å². The van der Waals surface area contributed by atoms with Crippen molar-refractivity contribution in [1.82, 2.24) is 10.2 Å². The Morgan fingerprint density at radius 2 is 1.77 bits per heavy atom. The van der Waals surface area contributed by atoms with Crippen LogP contribution in [0.3, 0.4) is 0 Å². The van der Waals surface area contributed by atoms with Crippen LogP contribution in [0.5, 0.6) is 5.75 Å². The van der Waals surface area contributed by atoms with Crippen molar-refractivity contribution in [1.29, 1.82) is 0 Å². The minimum absolute atomic E-state index is 0.108. The molecule has 3 rings (SSSR count). The van der Waals surface area contributed by atoms with Crippen molar-refractivity contribution in [3.63, 3.8) is 0 Å². The molecular weight excluding hydrogens is 456 g/mol. The minimum atomic E-state index is -0.583. The summed E-state index contributed by atoms with van der Waals surface area (Å²) in [5.41, 5.74) is 3.25. The van der Waals surface area contributed by atoms with E-state index in [2.05, 4.69) is 21.2 Å². The number of carbonyl (C=O) groups is 2. The van der Waals surface area contributed by atoms with Gasteiger partial charge in [-0.2, -0.15) is 0 Å². The predicted octanol–water partition coefficient (Wildman–Crippen LogP) is 4.92. The van der Waals surface area contributed by atoms with Gasteiger partial charge in [0.1, 0.15) is 11.8 Å². The topological polar surface area (TPSA) is 58.6 Å². The molecule has 31 heavy (non-hydrogen) atoms. The van der Waals surface area contributed by atoms with Crippen LogP contribution >= 0.6 is 15.9 Å². The number of benzene rings is 2. The van der Waals surface area contributed by atoms with Crippen LogP contribution in [0, 0.1) is 13.8 Å². The quantitative estimate of drug-likeness (QED) is 0.575. The maximum Gasteiger partial charge on any atom is 0.261 e. The first-order chi connectivity index (χ1) is 14.8. The Morgan fingerprint density at radius 1 is 1.10 bits per heavy atom. The van der Waals surface area contributed by atoms with Crippen molar-refractivity contribution < 1.29 is 14.3 Å². The molecule has 1 aliphatic carbocycles. The molecule has 6 heteroatoms. The summed E-state index contributed by atoms with van der Waals surface area (Å²) < 4.78 is 6.75. The highest BCUT2D eigenvalue weighted by Gasteiger charge is 2.28. The molecule has 0 aliphatic heterocycles. The van der Waals surface area contributed by atoms with Crippen molar-refractivity contribution >= 4 is 27.7 Å². The number of halogens is 1. The monoisotopic (exact) mass is 486 g/mol. The fourth-order valence-electron chi connectivity index (χ4n) is 3.79. The summed E-state index contributed by atoms with van der Waals surface area (Å²) in [4.78, 5) is 27.6. The normalized spacial score (nSPS) is 14.8. The predicted molar refractivity (Wildman–Crippen MR) is 126 cm³/mol. The van der Waals surface area contributed by atoms with Gasteiger partial charge in [-0.05, 0) is 74.6 Å². The van der Waals surface area contributed by atoms with Crippen LogP contribution in [0.25, 0.3) is 0 Å². The highest BCUT2D eigenvalue weighted by atomic mass is 79.9. The van der Waals surface area contributed by atoms with Gasteiger partial charge in [0.2, 0.25) is 5.91 Å². The molecule has 1 aliphatic rings. The summed E-state index contributed by atoms with van der Waals surface area (Å²) in [6.45, 7) is 6.08. The molecule has 0 unspecified atom stereocenters. The zero-order valence-corrected chi connectivity index (χ0v) is 20.1. The highest BCUT2D eigenvalue weighted by Crippen LogP contribution is 2.20. The number of amides is 2. The molecule has 2 aromatic carbocycles. The van der Waals surface area contributed by atoms with Gasteiger partial charge in [0.25, 0.3) is 5.91 Å². The molecule has 0 spiro atoms. The smallest absolute Gasteiger partial charge is 0.261 e. The molecule has 166 valence electrons. The van der Waals surface area contributed by atoms with Crippen molar-refractivity contribution in [2.45, 2.75) is 65.1 Å². The fourth-order valence-corrected chi connectivity index (χ4v) is 4.06. The lowest BCUT2D eigenvalue weighted by Crippen LogP contribution is -2.50. The third-order valence-corrected chi connectivity index (χ3v) is 6.50. The second kappa shape index (κ2) is 10.8. The van der Waals surface area contributed by atoms with Gasteiger partial charge in [-0.3, -0.25) is 9.59 Å². The van der Waals surface area contributed by atoms with E-state index in [0.717, 1.165) is 41.3 Å². The van der Waals surface area contributed by atoms with Gasteiger partial charge in [0.05, 0.1) is 0 Å². The lowest BCUT2D eigenvalue weighted by Gasteiger charge is -2.29. The van der Waals surface area contributed by atoms with E-state index in [9.17, 15) is 9.59 Å². The van der Waals surface area contributed by atoms with E-state index in [1.165, 1.54) is 5.56 Å². The van der Waals surface area contributed by atoms with E-state index in [4.69, 9.17) is 4.74 Å². The summed E-state index contributed by atoms with van der Waals surface area (Å²) >= 11 is 3.44. The molecular formula is C25H31BrN2O3. The molecule has 0 saturated heterocycles. The lowest BCUT2D eigenvalue weighted by atomic mass is 10.1. The summed E-state index contributed by atoms with van der Waals surface area (Å²) in [5, 5.41) is 3.12. The second-order valence-corrected chi connectivity index (χ2v) is 9.26. The molecule has 0 radical (unpaired) electrons. The Balaban J connectivity index is 1.71. The van der Waals surface area contributed by atoms with Crippen molar-refractivity contribution in [2.75, 3.05) is 6.61 Å². The average molecular weight is 487 g/mol. The van der Waals surface area contributed by atoms with Crippen LogP contribution in [0.2, 0.25) is 0 Å². The Hall–Kier alpha value is -2.34. The Morgan fingerprint density at radius 3 is 2.42 bits per heavy atom. The number of ether oxygens (including phenoxy) is 1. The number of hydrogen-bond acceptors (Lipinski definition) is 3. The maximum atomic E-state index is 13.1. The molecule has 1 N–H and O–H groups in total. The molecule has 1 atom stereocenters. The molecule has 2 amide bonds. The largest absolute Gasteiger partial charge is 0.484 e. The number of hydrogen-bond donors (Lipinski definition) is 1. The van der Waals surface area contributed by atoms with E-state index in [1.807, 2.05) is 56.3 Å². The number of rotatable bonds is 8. The van der Waals surface area contributed by atoms with Gasteiger partial charge < -0.3 is 15.0 Å². The first kappa shape index (κ1) is 23.3. The first-order valence-electron chi connectivity index (χ1n) is 10.9. The lowest BCUT2D eigenvalue weighted by molar-refractivity contribution is -0.142. The highest BCUT2D eigenvalue weighted by molar-refractivity contribution is 9.10. The molecule has 2 aromatic rings. The Kier molecular flexibility index (Phi) is 8.13. The third-order valence-electron chi connectivity index (χ3n) is 5.98. The fraction of sp³-hybridized carbons (Fsp3) is 0.440. The molecule has 1 saturated carbocycles. The van der Waals surface area contributed by atoms with Gasteiger partial charge in [-0.15, -0.1) is 0 Å². The van der Waals surface area contributed by atoms with E-state index < -0.39 is 6.04 Å². The number of nitrogens with one attached hydrogen (secondary N) is 1. The maximum absolute atomic E-state index is 13.1. The Bertz CT molecular complexity index is 907. The van der Waals surface area contributed by atoms with Crippen LogP contribution in [0.1, 0.15) is 49.3 Å². The molecule has 0 heterocycles. The summed E-state index contributed by atoms with van der Waals surface area (Å²) in [7, 11) is 0. The van der Waals surface area contributed by atoms with Crippen LogP contribution < -0.4 is 10.1 Å². The molecule has 5 nitrogen and oxygen atoms in total. The van der Waals surface area contributed by atoms with Crippen molar-refractivity contribution in [3.8, 4) is 5.75 Å². The third kappa shape index (κ3) is 6.57. The van der Waals surface area contributed by atoms with Crippen LogP contribution in [0.4, 0.5) is 0 Å². The average Bonchev–Trinajstić information content (AvgIpc) is 3.26. The van der Waals surface area contributed by atoms with E-state index in [-0.39, 0.29) is 24.5 Å². The van der Waals surface area contributed by atoms with Crippen LogP contribution in [-0.4, -0.2) is 35.4 Å². The van der Waals surface area contributed by atoms with Gasteiger partial charge in [-0.1, -0.05) is 47.0 Å². The first-order valence-corrected chi connectivity index (χ1v) is 11.7. The zero-order valence-electron chi connectivity index (χ0n) is 18.5. The number of aryl methyl sites for hydroxylation is 2. The van der Waals surface area contributed by atoms with Gasteiger partial charge in [0.15, 0.2) is 6.61 Å². The zero-order chi connectivity index (χ0) is 22.4. The van der Waals surface area contributed by atoms with Crippen LogP contribution in [-0.2, 0) is 16.1 Å². The van der Waals surface area contributed by atoms with Gasteiger partial charge in [-0.25, -0.2) is 0 Å². The van der Waals surface area contributed by atoms with Crippen molar-refractivity contribution in [3.05, 3.63) is 63.6 Å². The van der Waals surface area contributed by atoms with E-state index >= 15 is 0 Å². The van der Waals surface area contributed by atoms with Crippen molar-refractivity contribution in [2.24, 2.45) is 0 Å². The Labute approximate surface area is 193 Å². The molecule has 0 bridgehead atoms. The number of nitrogens with zero attached hydrogens (tertiary/aromatic N) is 1. The summed E-state index contributed by atoms with van der Waals surface area (Å²) in [5.74, 6) is 0.335. The summed E-state index contributed by atoms with van der Waals surface area (Å²) in [6.07, 6.45) is 4.30. The molecule has 1 fully saturated rings. The van der Waals surface area contributed by atoms with E-state index in [0.29, 0.717) is 12.3 Å². The SMILES string of the molecule is Cc1ccc(OCC(=O)N(Cc2ccc(Br)cc2)[C@@H](C)C(=O)NC2CCCC2)cc1C. The summed E-state index contributed by atoms with van der Waals surface area (Å²) in [6, 6.07) is 13.2. The van der Waals surface area contributed by atoms with Gasteiger partial charge >= 0.3 is 0 Å². The van der Waals surface area contributed by atoms with E-state index in [1.54, 1.807) is 11.8 Å². The number of carbonyl (C=O) groups excluding carboxylic acids is 2.